The molecule has 0 bridgehead atoms. The summed E-state index contributed by atoms with van der Waals surface area (Å²) in [6.45, 7) is 0. The monoisotopic (exact) mass is 319 g/mol. The quantitative estimate of drug-likeness (QED) is 0.323. The van der Waals surface area contributed by atoms with Crippen molar-refractivity contribution in [3.8, 4) is 28.7 Å². The Bertz CT molecular complexity index is 733. The number of nitrogens with two attached hydrogens (primary N) is 1. The molecule has 23 heavy (non-hydrogen) atoms. The van der Waals surface area contributed by atoms with Crippen LogP contribution in [0.1, 0.15) is 22.3 Å². The molecular formula is C16H17NO6. The lowest BCUT2D eigenvalue weighted by Gasteiger charge is -2.11. The fourth-order valence-electron chi connectivity index (χ4n) is 2.26. The van der Waals surface area contributed by atoms with Crippen molar-refractivity contribution in [3.05, 3.63) is 35.4 Å². The minimum Gasteiger partial charge on any atom is -0.508 e. The molecule has 0 saturated heterocycles. The Morgan fingerprint density at radius 2 is 1.65 bits per heavy atom. The van der Waals surface area contributed by atoms with Gasteiger partial charge in [-0.2, -0.15) is 0 Å². The maximum atomic E-state index is 12.2. The van der Waals surface area contributed by atoms with Gasteiger partial charge in [-0.25, -0.2) is 0 Å². The van der Waals surface area contributed by atoms with Gasteiger partial charge in [0.05, 0.1) is 7.11 Å². The highest BCUT2D eigenvalue weighted by molar-refractivity contribution is 6.01. The zero-order valence-electron chi connectivity index (χ0n) is 12.4. The number of carbonyl (C=O) groups is 1. The van der Waals surface area contributed by atoms with Gasteiger partial charge >= 0.3 is 0 Å². The van der Waals surface area contributed by atoms with E-state index in [1.54, 1.807) is 0 Å². The summed E-state index contributed by atoms with van der Waals surface area (Å²) >= 11 is 0. The zero-order valence-corrected chi connectivity index (χ0v) is 12.4. The van der Waals surface area contributed by atoms with Gasteiger partial charge in [-0.3, -0.25) is 4.79 Å². The van der Waals surface area contributed by atoms with E-state index >= 15 is 0 Å². The number of ketones is 1. The van der Waals surface area contributed by atoms with Crippen LogP contribution in [0, 0.1) is 0 Å². The molecule has 0 aliphatic heterocycles. The molecule has 0 amide bonds. The second-order valence-corrected chi connectivity index (χ2v) is 5.01. The Morgan fingerprint density at radius 3 is 2.22 bits per heavy atom. The van der Waals surface area contributed by atoms with E-state index in [2.05, 4.69) is 0 Å². The number of aryl methyl sites for hydroxylation is 1. The van der Waals surface area contributed by atoms with E-state index in [9.17, 15) is 25.2 Å². The van der Waals surface area contributed by atoms with Gasteiger partial charge in [-0.15, -0.1) is 0 Å². The number of anilines is 1. The van der Waals surface area contributed by atoms with Crippen molar-refractivity contribution in [1.29, 1.82) is 0 Å². The van der Waals surface area contributed by atoms with Gasteiger partial charge in [0.25, 0.3) is 0 Å². The van der Waals surface area contributed by atoms with Crippen LogP contribution in [0.2, 0.25) is 0 Å². The first-order valence-electron chi connectivity index (χ1n) is 6.77. The average molecular weight is 319 g/mol. The minimum atomic E-state index is -0.519. The van der Waals surface area contributed by atoms with Crippen LogP contribution in [0.5, 0.6) is 28.7 Å². The molecule has 7 nitrogen and oxygen atoms in total. The molecule has 2 rings (SSSR count). The number of aromatic hydroxyl groups is 4. The first-order valence-corrected chi connectivity index (χ1v) is 6.77. The summed E-state index contributed by atoms with van der Waals surface area (Å²) in [4.78, 5) is 12.2. The third kappa shape index (κ3) is 3.39. The first-order chi connectivity index (χ1) is 10.8. The molecule has 0 saturated carbocycles. The third-order valence-corrected chi connectivity index (χ3v) is 3.42. The lowest BCUT2D eigenvalue weighted by molar-refractivity contribution is 0.0977. The summed E-state index contributed by atoms with van der Waals surface area (Å²) in [6.07, 6.45) is 0.143. The van der Waals surface area contributed by atoms with Gasteiger partial charge in [-0.05, 0) is 18.1 Å². The van der Waals surface area contributed by atoms with Crippen LogP contribution in [0.15, 0.2) is 24.3 Å². The molecule has 0 radical (unpaired) electrons. The van der Waals surface area contributed by atoms with Crippen molar-refractivity contribution in [3.63, 3.8) is 0 Å². The molecule has 0 fully saturated rings. The highest BCUT2D eigenvalue weighted by atomic mass is 16.5. The van der Waals surface area contributed by atoms with E-state index in [-0.39, 0.29) is 35.7 Å². The molecule has 0 aromatic heterocycles. The number of benzene rings is 2. The standard InChI is InChI=1S/C16H17NO6/c1-23-15-7-10(17)8(4-12(15)20)2-3-11(19)16-13(21)5-9(18)6-14(16)22/h4-7,18,20-22H,2-3,17H2,1H3. The number of phenolic OH excluding ortho intramolecular Hbond substituents is 4. The Kier molecular flexibility index (Phi) is 4.49. The van der Waals surface area contributed by atoms with Gasteiger partial charge in [0.2, 0.25) is 0 Å². The summed E-state index contributed by atoms with van der Waals surface area (Å²) in [5.41, 5.74) is 6.46. The number of Topliss-reactive ketones (excluding diaryl/α,β-unsaturated/α-hetero) is 1. The van der Waals surface area contributed by atoms with Crippen LogP contribution in [0.3, 0.4) is 0 Å². The van der Waals surface area contributed by atoms with Crippen LogP contribution in [-0.4, -0.2) is 33.3 Å². The van der Waals surface area contributed by atoms with E-state index in [4.69, 9.17) is 10.5 Å². The molecule has 7 heteroatoms. The van der Waals surface area contributed by atoms with Crippen LogP contribution >= 0.6 is 0 Å². The maximum Gasteiger partial charge on any atom is 0.170 e. The number of hydrogen-bond acceptors (Lipinski definition) is 7. The van der Waals surface area contributed by atoms with E-state index < -0.39 is 17.3 Å². The highest BCUT2D eigenvalue weighted by Crippen LogP contribution is 2.34. The van der Waals surface area contributed by atoms with Gasteiger partial charge in [0, 0.05) is 30.3 Å². The first kappa shape index (κ1) is 16.3. The van der Waals surface area contributed by atoms with Crippen LogP contribution in [0.25, 0.3) is 0 Å². The number of carbonyl (C=O) groups excluding carboxylic acids is 1. The van der Waals surface area contributed by atoms with Crippen molar-refractivity contribution < 1.29 is 30.0 Å². The number of nitrogen functional groups attached to an aromatic ring is 1. The lowest BCUT2D eigenvalue weighted by atomic mass is 10.00. The number of phenols is 4. The molecule has 2 aromatic rings. The fraction of sp³-hybridized carbons (Fsp3) is 0.188. The van der Waals surface area contributed by atoms with Crippen molar-refractivity contribution in [2.75, 3.05) is 12.8 Å². The molecule has 6 N–H and O–H groups in total. The predicted molar refractivity (Wildman–Crippen MR) is 83.2 cm³/mol. The van der Waals surface area contributed by atoms with Crippen molar-refractivity contribution in [1.82, 2.24) is 0 Å². The van der Waals surface area contributed by atoms with Crippen molar-refractivity contribution in [2.24, 2.45) is 0 Å². The number of methoxy groups -OCH3 is 1. The van der Waals surface area contributed by atoms with E-state index in [1.807, 2.05) is 0 Å². The maximum absolute atomic E-state index is 12.2. The third-order valence-electron chi connectivity index (χ3n) is 3.42. The SMILES string of the molecule is COc1cc(N)c(CCC(=O)c2c(O)cc(O)cc2O)cc1O. The number of hydrogen-bond donors (Lipinski definition) is 5. The highest BCUT2D eigenvalue weighted by Gasteiger charge is 2.18. The molecule has 0 aliphatic carbocycles. The minimum absolute atomic E-state index is 0.0537. The molecule has 2 aromatic carbocycles. The molecule has 0 unspecified atom stereocenters. The second kappa shape index (κ2) is 6.35. The van der Waals surface area contributed by atoms with Crippen LogP contribution in [-0.2, 0) is 6.42 Å². The molecule has 0 spiro atoms. The molecular weight excluding hydrogens is 302 g/mol. The Morgan fingerprint density at radius 1 is 1.04 bits per heavy atom. The number of rotatable bonds is 5. The van der Waals surface area contributed by atoms with E-state index in [0.29, 0.717) is 11.3 Å². The Labute approximate surface area is 132 Å². The summed E-state index contributed by atoms with van der Waals surface area (Å²) in [5.74, 6) is -1.74. The lowest BCUT2D eigenvalue weighted by Crippen LogP contribution is -2.04. The molecule has 122 valence electrons. The summed E-state index contributed by atoms with van der Waals surface area (Å²) < 4.78 is 4.93. The molecule has 0 aliphatic rings. The molecule has 0 atom stereocenters. The molecule has 0 heterocycles. The summed E-state index contributed by atoms with van der Waals surface area (Å²) in [7, 11) is 1.40. The predicted octanol–water partition coefficient (Wildman–Crippen LogP) is 1.92. The topological polar surface area (TPSA) is 133 Å². The van der Waals surface area contributed by atoms with Gasteiger partial charge in [-0.1, -0.05) is 0 Å². The normalized spacial score (nSPS) is 10.5. The van der Waals surface area contributed by atoms with Gasteiger partial charge in [0.1, 0.15) is 22.8 Å². The zero-order chi connectivity index (χ0) is 17.1. The van der Waals surface area contributed by atoms with Gasteiger partial charge < -0.3 is 30.9 Å². The Balaban J connectivity index is 2.19. The summed E-state index contributed by atoms with van der Waals surface area (Å²) in [5, 5.41) is 38.3. The van der Waals surface area contributed by atoms with Crippen LogP contribution in [0.4, 0.5) is 5.69 Å². The average Bonchev–Trinajstić information content (AvgIpc) is 2.46. The largest absolute Gasteiger partial charge is 0.508 e. The Hall–Kier alpha value is -3.09. The van der Waals surface area contributed by atoms with E-state index in [1.165, 1.54) is 19.2 Å². The number of ether oxygens (including phenoxy) is 1. The van der Waals surface area contributed by atoms with Crippen molar-refractivity contribution in [2.45, 2.75) is 12.8 Å². The smallest absolute Gasteiger partial charge is 0.170 e. The van der Waals surface area contributed by atoms with E-state index in [0.717, 1.165) is 12.1 Å². The van der Waals surface area contributed by atoms with Crippen LogP contribution < -0.4 is 10.5 Å². The van der Waals surface area contributed by atoms with Crippen molar-refractivity contribution >= 4 is 11.5 Å². The van der Waals surface area contributed by atoms with Gasteiger partial charge in [0.15, 0.2) is 17.3 Å². The summed E-state index contributed by atoms with van der Waals surface area (Å²) in [6, 6.07) is 4.80. The fourth-order valence-corrected chi connectivity index (χ4v) is 2.26. The second-order valence-electron chi connectivity index (χ2n) is 5.01.